The van der Waals surface area contributed by atoms with E-state index >= 15 is 0 Å². The molecule has 7 heteroatoms. The second-order valence-corrected chi connectivity index (χ2v) is 6.31. The van der Waals surface area contributed by atoms with Gasteiger partial charge in [-0.2, -0.15) is 4.31 Å². The number of hydrogen-bond donors (Lipinski definition) is 1. The molecule has 1 saturated heterocycles. The molecule has 1 aliphatic rings. The summed E-state index contributed by atoms with van der Waals surface area (Å²) in [5, 5.41) is 0. The molecule has 1 heterocycles. The lowest BCUT2D eigenvalue weighted by molar-refractivity contribution is -0.144. The van der Waals surface area contributed by atoms with Crippen molar-refractivity contribution in [3.63, 3.8) is 0 Å². The van der Waals surface area contributed by atoms with Crippen LogP contribution in [-0.2, 0) is 19.6 Å². The maximum atomic E-state index is 12.5. The van der Waals surface area contributed by atoms with Crippen LogP contribution in [0.25, 0.3) is 0 Å². The third-order valence-corrected chi connectivity index (χ3v) is 5.00. The molecule has 2 atom stereocenters. The van der Waals surface area contributed by atoms with Gasteiger partial charge in [-0.25, -0.2) is 8.42 Å². The molecule has 1 aliphatic heterocycles. The zero-order valence-corrected chi connectivity index (χ0v) is 11.3. The number of carbonyl (C=O) groups excluding carboxylic acids is 1. The molecule has 0 saturated carbocycles. The molecule has 0 unspecified atom stereocenters. The highest BCUT2D eigenvalue weighted by Gasteiger charge is 2.43. The number of esters is 1. The van der Waals surface area contributed by atoms with E-state index in [0.717, 1.165) is 4.31 Å². The summed E-state index contributed by atoms with van der Waals surface area (Å²) in [6.07, 6.45) is 0.277. The lowest BCUT2D eigenvalue weighted by atomic mass is 10.2. The molecular weight excluding hydrogens is 268 g/mol. The molecule has 0 aliphatic carbocycles. The third-order valence-electron chi connectivity index (χ3n) is 3.11. The van der Waals surface area contributed by atoms with Crippen LogP contribution in [0.5, 0.6) is 0 Å². The Morgan fingerprint density at radius 1 is 1.37 bits per heavy atom. The summed E-state index contributed by atoms with van der Waals surface area (Å²) in [5.41, 5.74) is 5.77. The lowest BCUT2D eigenvalue weighted by Gasteiger charge is -2.21. The number of nitrogens with zero attached hydrogens (tertiary/aromatic N) is 1. The fourth-order valence-electron chi connectivity index (χ4n) is 2.18. The average Bonchev–Trinajstić information content (AvgIpc) is 2.81. The Bertz CT molecular complexity index is 558. The van der Waals surface area contributed by atoms with Gasteiger partial charge in [-0.1, -0.05) is 18.2 Å². The molecule has 0 amide bonds. The normalized spacial score (nSPS) is 24.3. The molecule has 1 aromatic rings. The highest BCUT2D eigenvalue weighted by molar-refractivity contribution is 7.89. The quantitative estimate of drug-likeness (QED) is 0.786. The minimum Gasteiger partial charge on any atom is -0.468 e. The molecule has 19 heavy (non-hydrogen) atoms. The molecule has 2 N–H and O–H groups in total. The first-order chi connectivity index (χ1) is 8.96. The first kappa shape index (κ1) is 14.0. The minimum atomic E-state index is -3.72. The van der Waals surface area contributed by atoms with Gasteiger partial charge in [0.1, 0.15) is 6.04 Å². The molecule has 1 aromatic carbocycles. The number of nitrogens with two attached hydrogens (primary N) is 1. The van der Waals surface area contributed by atoms with Crippen molar-refractivity contribution >= 4 is 16.0 Å². The van der Waals surface area contributed by atoms with E-state index in [-0.39, 0.29) is 23.9 Å². The Kier molecular flexibility index (Phi) is 3.88. The third kappa shape index (κ3) is 2.63. The average molecular weight is 284 g/mol. The fraction of sp³-hybridized carbons (Fsp3) is 0.417. The van der Waals surface area contributed by atoms with Crippen LogP contribution in [0.4, 0.5) is 0 Å². The first-order valence-electron chi connectivity index (χ1n) is 5.87. The van der Waals surface area contributed by atoms with Crippen molar-refractivity contribution in [2.75, 3.05) is 13.7 Å². The van der Waals surface area contributed by atoms with E-state index in [0.29, 0.717) is 0 Å². The van der Waals surface area contributed by atoms with Crippen molar-refractivity contribution in [3.8, 4) is 0 Å². The topological polar surface area (TPSA) is 89.7 Å². The number of ether oxygens (including phenoxy) is 1. The van der Waals surface area contributed by atoms with Gasteiger partial charge < -0.3 is 10.5 Å². The molecule has 6 nitrogen and oxygen atoms in total. The van der Waals surface area contributed by atoms with Crippen LogP contribution in [0.3, 0.4) is 0 Å². The predicted molar refractivity (Wildman–Crippen MR) is 68.7 cm³/mol. The van der Waals surface area contributed by atoms with E-state index in [2.05, 4.69) is 4.74 Å². The molecule has 0 spiro atoms. The zero-order valence-electron chi connectivity index (χ0n) is 10.5. The van der Waals surface area contributed by atoms with Gasteiger partial charge >= 0.3 is 5.97 Å². The van der Waals surface area contributed by atoms with Crippen LogP contribution < -0.4 is 5.73 Å². The zero-order chi connectivity index (χ0) is 14.0. The Hall–Kier alpha value is -1.44. The second kappa shape index (κ2) is 5.28. The summed E-state index contributed by atoms with van der Waals surface area (Å²) in [6.45, 7) is 0.122. The standard InChI is InChI=1S/C12H16N2O4S/c1-18-12(15)11-7-9(13)8-14(11)19(16,17)10-5-3-2-4-6-10/h2-6,9,11H,7-8,13H2,1H3/t9-,11+/m0/s1. The maximum Gasteiger partial charge on any atom is 0.324 e. The highest BCUT2D eigenvalue weighted by Crippen LogP contribution is 2.26. The second-order valence-electron chi connectivity index (χ2n) is 4.42. The van der Waals surface area contributed by atoms with E-state index in [1.807, 2.05) is 0 Å². The fourth-order valence-corrected chi connectivity index (χ4v) is 3.85. The van der Waals surface area contributed by atoms with Crippen molar-refractivity contribution in [2.24, 2.45) is 5.73 Å². The number of carbonyl (C=O) groups is 1. The highest BCUT2D eigenvalue weighted by atomic mass is 32.2. The van der Waals surface area contributed by atoms with Gasteiger partial charge in [0, 0.05) is 12.6 Å². The number of rotatable bonds is 3. The van der Waals surface area contributed by atoms with Crippen LogP contribution >= 0.6 is 0 Å². The summed E-state index contributed by atoms with van der Waals surface area (Å²) in [5.74, 6) is -0.576. The summed E-state index contributed by atoms with van der Waals surface area (Å²) < 4.78 is 30.7. The SMILES string of the molecule is COC(=O)[C@H]1C[C@H](N)CN1S(=O)(=O)c1ccccc1. The van der Waals surface area contributed by atoms with E-state index in [9.17, 15) is 13.2 Å². The van der Waals surface area contributed by atoms with Gasteiger partial charge in [-0.15, -0.1) is 0 Å². The van der Waals surface area contributed by atoms with Gasteiger partial charge in [0.2, 0.25) is 10.0 Å². The van der Waals surface area contributed by atoms with Gasteiger partial charge in [0.25, 0.3) is 0 Å². The van der Waals surface area contributed by atoms with Crippen molar-refractivity contribution in [1.82, 2.24) is 4.31 Å². The van der Waals surface area contributed by atoms with Crippen molar-refractivity contribution in [3.05, 3.63) is 30.3 Å². The van der Waals surface area contributed by atoms with E-state index in [4.69, 9.17) is 5.73 Å². The number of hydrogen-bond acceptors (Lipinski definition) is 5. The Balaban J connectivity index is 2.36. The number of sulfonamides is 1. The molecule has 0 bridgehead atoms. The molecule has 1 fully saturated rings. The summed E-state index contributed by atoms with van der Waals surface area (Å²) >= 11 is 0. The number of benzene rings is 1. The van der Waals surface area contributed by atoms with Crippen molar-refractivity contribution in [2.45, 2.75) is 23.4 Å². The molecular formula is C12H16N2O4S. The predicted octanol–water partition coefficient (Wildman–Crippen LogP) is -0.0501. The van der Waals surface area contributed by atoms with Crippen LogP contribution in [0.2, 0.25) is 0 Å². The van der Waals surface area contributed by atoms with Crippen LogP contribution in [0.15, 0.2) is 35.2 Å². The lowest BCUT2D eigenvalue weighted by Crippen LogP contribution is -2.41. The summed E-state index contributed by atoms with van der Waals surface area (Å²) in [7, 11) is -2.49. The Labute approximate surface area is 112 Å². The molecule has 0 radical (unpaired) electrons. The largest absolute Gasteiger partial charge is 0.468 e. The van der Waals surface area contributed by atoms with Crippen molar-refractivity contribution in [1.29, 1.82) is 0 Å². The first-order valence-corrected chi connectivity index (χ1v) is 7.31. The smallest absolute Gasteiger partial charge is 0.324 e. The molecule has 2 rings (SSSR count). The van der Waals surface area contributed by atoms with E-state index in [1.54, 1.807) is 18.2 Å². The minimum absolute atomic E-state index is 0.122. The number of methoxy groups -OCH3 is 1. The van der Waals surface area contributed by atoms with Gasteiger partial charge in [0.15, 0.2) is 0 Å². The van der Waals surface area contributed by atoms with E-state index in [1.165, 1.54) is 19.2 Å². The van der Waals surface area contributed by atoms with Crippen LogP contribution in [0.1, 0.15) is 6.42 Å². The van der Waals surface area contributed by atoms with Gasteiger partial charge in [-0.05, 0) is 18.6 Å². The van der Waals surface area contributed by atoms with E-state index < -0.39 is 22.0 Å². The molecule has 104 valence electrons. The van der Waals surface area contributed by atoms with Gasteiger partial charge in [0.05, 0.1) is 12.0 Å². The van der Waals surface area contributed by atoms with Crippen molar-refractivity contribution < 1.29 is 17.9 Å². The molecule has 0 aromatic heterocycles. The Morgan fingerprint density at radius 3 is 2.58 bits per heavy atom. The maximum absolute atomic E-state index is 12.5. The Morgan fingerprint density at radius 2 is 2.00 bits per heavy atom. The summed E-state index contributed by atoms with van der Waals surface area (Å²) in [4.78, 5) is 11.8. The monoisotopic (exact) mass is 284 g/mol. The van der Waals surface area contributed by atoms with Crippen LogP contribution in [0, 0.1) is 0 Å². The summed E-state index contributed by atoms with van der Waals surface area (Å²) in [6, 6.07) is 6.78. The van der Waals surface area contributed by atoms with Crippen LogP contribution in [-0.4, -0.2) is 44.4 Å². The van der Waals surface area contributed by atoms with Gasteiger partial charge in [-0.3, -0.25) is 4.79 Å².